The molecule has 1 aliphatic carbocycles. The number of rotatable bonds is 9. The second-order valence-corrected chi connectivity index (χ2v) is 13.8. The van der Waals surface area contributed by atoms with E-state index in [1.165, 1.54) is 12.0 Å². The maximum Gasteiger partial charge on any atom is 0.415 e. The van der Waals surface area contributed by atoms with Crippen molar-refractivity contribution < 1.29 is 41.0 Å². The number of methoxy groups -OCH3 is 1. The number of esters is 1. The number of nitrogens with one attached hydrogen (secondary N) is 1. The van der Waals surface area contributed by atoms with Gasteiger partial charge in [-0.05, 0) is 89.1 Å². The molecule has 2 aliphatic rings. The Kier molecular flexibility index (Phi) is 9.92. The van der Waals surface area contributed by atoms with Crippen molar-refractivity contribution in [2.24, 2.45) is 5.92 Å². The number of amides is 1. The molecule has 3 aromatic rings. The minimum Gasteiger partial charge on any atom is -0.465 e. The molecule has 47 heavy (non-hydrogen) atoms. The van der Waals surface area contributed by atoms with Gasteiger partial charge in [0.2, 0.25) is 5.92 Å². The zero-order chi connectivity index (χ0) is 34.3. The lowest BCUT2D eigenvalue weighted by Crippen LogP contribution is -2.45. The zero-order valence-corrected chi connectivity index (χ0v) is 27.4. The van der Waals surface area contributed by atoms with Crippen LogP contribution in [-0.4, -0.2) is 72.9 Å². The summed E-state index contributed by atoms with van der Waals surface area (Å²) in [4.78, 5) is 32.1. The predicted octanol–water partition coefficient (Wildman–Crippen LogP) is 8.15. The highest BCUT2D eigenvalue weighted by Gasteiger charge is 2.42. The first kappa shape index (κ1) is 34.7. The molecule has 0 spiro atoms. The molecule has 5 rings (SSSR count). The summed E-state index contributed by atoms with van der Waals surface area (Å²) in [5.74, 6) is -7.51. The van der Waals surface area contributed by atoms with Gasteiger partial charge in [-0.3, -0.25) is 9.29 Å². The van der Waals surface area contributed by atoms with Crippen LogP contribution in [0.3, 0.4) is 0 Å². The summed E-state index contributed by atoms with van der Waals surface area (Å²) in [7, 11) is 1.26. The quantitative estimate of drug-likeness (QED) is 0.185. The van der Waals surface area contributed by atoms with Crippen molar-refractivity contribution in [3.8, 4) is 0 Å². The van der Waals surface area contributed by atoms with E-state index in [0.29, 0.717) is 50.1 Å². The van der Waals surface area contributed by atoms with E-state index in [0.717, 1.165) is 30.0 Å². The summed E-state index contributed by atoms with van der Waals surface area (Å²) in [6.45, 7) is 6.80. The van der Waals surface area contributed by atoms with Crippen LogP contribution in [0.4, 0.5) is 32.4 Å². The van der Waals surface area contributed by atoms with E-state index in [4.69, 9.17) is 9.47 Å². The molecule has 1 saturated heterocycles. The summed E-state index contributed by atoms with van der Waals surface area (Å²) in [5.41, 5.74) is 0.641. The molecule has 1 N–H and O–H groups in total. The monoisotopic (exact) mass is 663 g/mol. The predicted molar refractivity (Wildman–Crippen MR) is 169 cm³/mol. The summed E-state index contributed by atoms with van der Waals surface area (Å²) in [6.07, 6.45) is 0.102. The fourth-order valence-electron chi connectivity index (χ4n) is 7.14. The number of benzene rings is 2. The molecular formula is C35H42F5N3O4. The lowest BCUT2D eigenvalue weighted by atomic mass is 9.72. The van der Waals surface area contributed by atoms with Crippen LogP contribution >= 0.6 is 0 Å². The largest absolute Gasteiger partial charge is 0.465 e. The molecule has 256 valence electrons. The van der Waals surface area contributed by atoms with Gasteiger partial charge < -0.3 is 19.4 Å². The summed E-state index contributed by atoms with van der Waals surface area (Å²) in [6, 6.07) is 6.54. The van der Waals surface area contributed by atoms with Crippen LogP contribution in [0, 0.1) is 17.6 Å². The SMILES string of the molecule is COC(=O)c1ccc2c3c([nH]c2c1)[C@@H](c1c(F)cc(N(C(=O)OC(C)(C)C)[C@H]2CCN(CCCF)C2)cc1F)C(CC(C)(F)F)CC3. The molecule has 1 aromatic heterocycles. The average Bonchev–Trinajstić information content (AvgIpc) is 3.58. The van der Waals surface area contributed by atoms with Gasteiger partial charge in [0.1, 0.15) is 17.2 Å². The van der Waals surface area contributed by atoms with E-state index >= 15 is 8.78 Å². The van der Waals surface area contributed by atoms with E-state index in [-0.39, 0.29) is 23.2 Å². The highest BCUT2D eigenvalue weighted by Crippen LogP contribution is 2.48. The van der Waals surface area contributed by atoms with E-state index in [1.807, 2.05) is 4.90 Å². The maximum absolute atomic E-state index is 16.4. The van der Waals surface area contributed by atoms with Crippen molar-refractivity contribution in [1.82, 2.24) is 9.88 Å². The minimum atomic E-state index is -3.10. The number of hydrogen-bond donors (Lipinski definition) is 1. The lowest BCUT2D eigenvalue weighted by molar-refractivity contribution is -0.00827. The van der Waals surface area contributed by atoms with Crippen LogP contribution in [0.25, 0.3) is 10.9 Å². The molecule has 12 heteroatoms. The number of ether oxygens (including phenoxy) is 2. The fourth-order valence-corrected chi connectivity index (χ4v) is 7.14. The normalized spacial score (nSPS) is 20.3. The van der Waals surface area contributed by atoms with Crippen LogP contribution in [0.5, 0.6) is 0 Å². The number of hydrogen-bond acceptors (Lipinski definition) is 5. The molecule has 0 bridgehead atoms. The molecular weight excluding hydrogens is 621 g/mol. The Labute approximate surface area is 271 Å². The van der Waals surface area contributed by atoms with Crippen molar-refractivity contribution in [2.75, 3.05) is 38.3 Å². The van der Waals surface area contributed by atoms with E-state index < -0.39 is 66.2 Å². The lowest BCUT2D eigenvalue weighted by Gasteiger charge is -2.35. The molecule has 1 amide bonds. The van der Waals surface area contributed by atoms with Crippen LogP contribution < -0.4 is 4.90 Å². The topological polar surface area (TPSA) is 74.9 Å². The third kappa shape index (κ3) is 7.58. The minimum absolute atomic E-state index is 0.0527. The Morgan fingerprint density at radius 2 is 1.77 bits per heavy atom. The van der Waals surface area contributed by atoms with Gasteiger partial charge in [0.15, 0.2) is 0 Å². The molecule has 0 saturated carbocycles. The maximum atomic E-state index is 16.4. The Balaban J connectivity index is 1.59. The number of H-pyrrole nitrogens is 1. The van der Waals surface area contributed by atoms with Crippen molar-refractivity contribution in [2.45, 2.75) is 83.3 Å². The molecule has 7 nitrogen and oxygen atoms in total. The zero-order valence-electron chi connectivity index (χ0n) is 27.4. The highest BCUT2D eigenvalue weighted by molar-refractivity contribution is 5.96. The molecule has 3 atom stereocenters. The Bertz CT molecular complexity index is 1610. The number of anilines is 1. The Hall–Kier alpha value is -3.67. The number of alkyl halides is 3. The molecule has 1 aliphatic heterocycles. The van der Waals surface area contributed by atoms with Gasteiger partial charge in [-0.25, -0.2) is 27.2 Å². The fraction of sp³-hybridized carbons (Fsp3) is 0.543. The van der Waals surface area contributed by atoms with E-state index in [2.05, 4.69) is 4.98 Å². The van der Waals surface area contributed by atoms with Crippen molar-refractivity contribution >= 4 is 28.7 Å². The summed E-state index contributed by atoms with van der Waals surface area (Å²) in [5, 5.41) is 0.728. The van der Waals surface area contributed by atoms with Gasteiger partial charge in [0.25, 0.3) is 0 Å². The van der Waals surface area contributed by atoms with Crippen LogP contribution in [0.1, 0.15) is 86.5 Å². The van der Waals surface area contributed by atoms with Crippen LogP contribution in [-0.2, 0) is 15.9 Å². The first-order chi connectivity index (χ1) is 22.1. The standard InChI is InChI=1S/C35H42F5N3O4/c1-34(2,3)47-33(45)43(22-11-14-42(19-22)13-6-12-36)23-16-26(37)30(27(38)17-23)29-21(18-35(4,39)40)8-10-25-24-9-7-20(32(44)46-5)15-28(24)41-31(25)29/h7,9,15-17,21-22,29,41H,6,8,10-14,18-19H2,1-5H3/t21?,22-,29+/m0/s1. The number of fused-ring (bicyclic) bond motifs is 3. The van der Waals surface area contributed by atoms with Gasteiger partial charge in [-0.1, -0.05) is 6.07 Å². The van der Waals surface area contributed by atoms with Gasteiger partial charge in [-0.2, -0.15) is 0 Å². The Morgan fingerprint density at radius 1 is 1.06 bits per heavy atom. The van der Waals surface area contributed by atoms with Crippen LogP contribution in [0.15, 0.2) is 30.3 Å². The molecule has 1 fully saturated rings. The van der Waals surface area contributed by atoms with Crippen LogP contribution in [0.2, 0.25) is 0 Å². The number of nitrogens with zero attached hydrogens (tertiary/aromatic N) is 2. The first-order valence-corrected chi connectivity index (χ1v) is 16.0. The average molecular weight is 664 g/mol. The van der Waals surface area contributed by atoms with Gasteiger partial charge in [-0.15, -0.1) is 0 Å². The number of likely N-dealkylation sites (tertiary alicyclic amines) is 1. The van der Waals surface area contributed by atoms with Gasteiger partial charge in [0.05, 0.1) is 31.1 Å². The first-order valence-electron chi connectivity index (χ1n) is 16.0. The highest BCUT2D eigenvalue weighted by atomic mass is 19.3. The molecule has 2 heterocycles. The molecule has 2 aromatic carbocycles. The van der Waals surface area contributed by atoms with E-state index in [1.54, 1.807) is 39.0 Å². The third-order valence-electron chi connectivity index (χ3n) is 8.99. The summed E-state index contributed by atoms with van der Waals surface area (Å²) < 4.78 is 85.2. The van der Waals surface area contributed by atoms with E-state index in [9.17, 15) is 22.8 Å². The van der Waals surface area contributed by atoms with Gasteiger partial charge in [0, 0.05) is 54.1 Å². The second-order valence-electron chi connectivity index (χ2n) is 13.8. The molecule has 1 unspecified atom stereocenters. The molecule has 0 radical (unpaired) electrons. The van der Waals surface area contributed by atoms with Crippen molar-refractivity contribution in [1.29, 1.82) is 0 Å². The van der Waals surface area contributed by atoms with Crippen molar-refractivity contribution in [3.05, 3.63) is 64.4 Å². The smallest absolute Gasteiger partial charge is 0.415 e. The van der Waals surface area contributed by atoms with Gasteiger partial charge >= 0.3 is 12.1 Å². The third-order valence-corrected chi connectivity index (χ3v) is 8.99. The second kappa shape index (κ2) is 13.4. The number of halogens is 5. The number of carbonyl (C=O) groups is 2. The number of aromatic nitrogens is 1. The Morgan fingerprint density at radius 3 is 2.38 bits per heavy atom. The number of aryl methyl sites for hydroxylation is 1. The number of aromatic amines is 1. The van der Waals surface area contributed by atoms with Crippen molar-refractivity contribution in [3.63, 3.8) is 0 Å². The number of carbonyl (C=O) groups excluding carboxylic acids is 2. The summed E-state index contributed by atoms with van der Waals surface area (Å²) >= 11 is 0.